The van der Waals surface area contributed by atoms with Crippen molar-refractivity contribution in [3.63, 3.8) is 0 Å². The smallest absolute Gasteiger partial charge is 0.368 e. The molecule has 0 N–H and O–H groups in total. The van der Waals surface area contributed by atoms with Crippen molar-refractivity contribution in [1.82, 2.24) is 9.97 Å². The Bertz CT molecular complexity index is 667. The van der Waals surface area contributed by atoms with Crippen molar-refractivity contribution < 1.29 is 13.2 Å². The van der Waals surface area contributed by atoms with Gasteiger partial charge in [0.25, 0.3) is 0 Å². The molecule has 23 heavy (non-hydrogen) atoms. The lowest BCUT2D eigenvalue weighted by Gasteiger charge is -2.36. The molecule has 0 unspecified atom stereocenters. The standard InChI is InChI=1S/C15H14ClF3N4/c16-12-9-20-14(21-10-12)23-6-4-22(5-7-23)13-3-1-2-11(8-13)15(17,18)19/h1-3,8-10H,4-7H2. The number of hydrogen-bond acceptors (Lipinski definition) is 4. The Balaban J connectivity index is 1.68. The van der Waals surface area contributed by atoms with E-state index in [1.54, 1.807) is 6.07 Å². The summed E-state index contributed by atoms with van der Waals surface area (Å²) in [5.74, 6) is 0.582. The van der Waals surface area contributed by atoms with Crippen molar-refractivity contribution in [3.05, 3.63) is 47.2 Å². The molecule has 2 heterocycles. The molecule has 0 radical (unpaired) electrons. The van der Waals surface area contributed by atoms with Gasteiger partial charge in [-0.15, -0.1) is 0 Å². The average Bonchev–Trinajstić information content (AvgIpc) is 2.55. The highest BCUT2D eigenvalue weighted by atomic mass is 35.5. The van der Waals surface area contributed by atoms with Crippen molar-refractivity contribution in [3.8, 4) is 0 Å². The van der Waals surface area contributed by atoms with Gasteiger partial charge in [-0.05, 0) is 18.2 Å². The van der Waals surface area contributed by atoms with E-state index in [2.05, 4.69) is 9.97 Å². The molecule has 1 aliphatic heterocycles. The molecule has 0 bridgehead atoms. The maximum Gasteiger partial charge on any atom is 0.416 e. The Morgan fingerprint density at radius 1 is 0.957 bits per heavy atom. The van der Waals surface area contributed by atoms with Crippen molar-refractivity contribution in [2.24, 2.45) is 0 Å². The summed E-state index contributed by atoms with van der Waals surface area (Å²) >= 11 is 5.76. The lowest BCUT2D eigenvalue weighted by molar-refractivity contribution is -0.137. The molecular weight excluding hydrogens is 329 g/mol. The molecule has 3 rings (SSSR count). The minimum absolute atomic E-state index is 0.469. The highest BCUT2D eigenvalue weighted by molar-refractivity contribution is 6.30. The van der Waals surface area contributed by atoms with Gasteiger partial charge in [0.1, 0.15) is 0 Å². The van der Waals surface area contributed by atoms with Crippen LogP contribution in [0.2, 0.25) is 5.02 Å². The van der Waals surface area contributed by atoms with Gasteiger partial charge in [-0.25, -0.2) is 9.97 Å². The molecular formula is C15H14ClF3N4. The molecule has 1 aromatic carbocycles. The third kappa shape index (κ3) is 3.67. The first-order chi connectivity index (χ1) is 10.9. The molecule has 0 atom stereocenters. The number of nitrogens with zero attached hydrogens (tertiary/aromatic N) is 4. The number of halogens is 4. The zero-order valence-corrected chi connectivity index (χ0v) is 12.8. The largest absolute Gasteiger partial charge is 0.416 e. The second kappa shape index (κ2) is 6.23. The maximum atomic E-state index is 12.8. The molecule has 1 saturated heterocycles. The number of benzene rings is 1. The molecule has 4 nitrogen and oxygen atoms in total. The predicted molar refractivity (Wildman–Crippen MR) is 82.9 cm³/mol. The molecule has 1 fully saturated rings. The second-order valence-corrected chi connectivity index (χ2v) is 5.66. The molecule has 8 heteroatoms. The van der Waals surface area contributed by atoms with E-state index in [1.807, 2.05) is 9.80 Å². The van der Waals surface area contributed by atoms with E-state index in [0.29, 0.717) is 42.8 Å². The van der Waals surface area contributed by atoms with Gasteiger partial charge in [0, 0.05) is 31.9 Å². The van der Waals surface area contributed by atoms with Crippen LogP contribution in [0.15, 0.2) is 36.7 Å². The zero-order valence-electron chi connectivity index (χ0n) is 12.1. The number of rotatable bonds is 2. The van der Waals surface area contributed by atoms with Crippen LogP contribution in [0, 0.1) is 0 Å². The number of hydrogen-bond donors (Lipinski definition) is 0. The fraction of sp³-hybridized carbons (Fsp3) is 0.333. The number of alkyl halides is 3. The minimum atomic E-state index is -4.32. The lowest BCUT2D eigenvalue weighted by atomic mass is 10.1. The van der Waals surface area contributed by atoms with Crippen LogP contribution in [0.25, 0.3) is 0 Å². The van der Waals surface area contributed by atoms with Crippen LogP contribution in [-0.4, -0.2) is 36.1 Å². The monoisotopic (exact) mass is 342 g/mol. The Kier molecular flexibility index (Phi) is 4.30. The molecule has 0 aliphatic carbocycles. The van der Waals surface area contributed by atoms with Gasteiger partial charge in [0.05, 0.1) is 23.0 Å². The third-order valence-corrected chi connectivity index (χ3v) is 3.90. The highest BCUT2D eigenvalue weighted by Gasteiger charge is 2.31. The van der Waals surface area contributed by atoms with E-state index in [-0.39, 0.29) is 0 Å². The highest BCUT2D eigenvalue weighted by Crippen LogP contribution is 2.32. The van der Waals surface area contributed by atoms with Gasteiger partial charge in [0.2, 0.25) is 5.95 Å². The summed E-state index contributed by atoms with van der Waals surface area (Å²) < 4.78 is 38.4. The molecule has 0 saturated carbocycles. The van der Waals surface area contributed by atoms with Crippen LogP contribution in [-0.2, 0) is 6.18 Å². The van der Waals surface area contributed by atoms with E-state index in [1.165, 1.54) is 24.5 Å². The first kappa shape index (κ1) is 15.9. The van der Waals surface area contributed by atoms with E-state index < -0.39 is 11.7 Å². The number of aromatic nitrogens is 2. The Labute approximate surface area is 136 Å². The van der Waals surface area contributed by atoms with Gasteiger partial charge in [-0.3, -0.25) is 0 Å². The molecule has 0 amide bonds. The first-order valence-electron chi connectivity index (χ1n) is 7.08. The van der Waals surface area contributed by atoms with Gasteiger partial charge in [0.15, 0.2) is 0 Å². The number of anilines is 2. The molecule has 1 aromatic heterocycles. The van der Waals surface area contributed by atoms with Crippen LogP contribution in [0.3, 0.4) is 0 Å². The van der Waals surface area contributed by atoms with Crippen LogP contribution in [0.4, 0.5) is 24.8 Å². The summed E-state index contributed by atoms with van der Waals surface area (Å²) in [6, 6.07) is 5.41. The third-order valence-electron chi connectivity index (χ3n) is 3.71. The quantitative estimate of drug-likeness (QED) is 0.836. The van der Waals surface area contributed by atoms with E-state index >= 15 is 0 Å². The fourth-order valence-corrected chi connectivity index (χ4v) is 2.61. The lowest BCUT2D eigenvalue weighted by Crippen LogP contribution is -2.47. The molecule has 0 spiro atoms. The zero-order chi connectivity index (χ0) is 16.4. The topological polar surface area (TPSA) is 32.3 Å². The van der Waals surface area contributed by atoms with Crippen molar-refractivity contribution in [1.29, 1.82) is 0 Å². The Morgan fingerprint density at radius 2 is 1.57 bits per heavy atom. The van der Waals surface area contributed by atoms with Crippen molar-refractivity contribution in [2.45, 2.75) is 6.18 Å². The van der Waals surface area contributed by atoms with E-state index in [9.17, 15) is 13.2 Å². The van der Waals surface area contributed by atoms with Gasteiger partial charge in [-0.2, -0.15) is 13.2 Å². The molecule has 1 aliphatic rings. The fourth-order valence-electron chi connectivity index (χ4n) is 2.51. The summed E-state index contributed by atoms with van der Waals surface area (Å²) in [5.41, 5.74) is -0.0463. The van der Waals surface area contributed by atoms with Gasteiger partial charge >= 0.3 is 6.18 Å². The summed E-state index contributed by atoms with van der Waals surface area (Å²) in [6.07, 6.45) is -1.26. The number of piperazine rings is 1. The van der Waals surface area contributed by atoms with Crippen LogP contribution >= 0.6 is 11.6 Å². The maximum absolute atomic E-state index is 12.8. The SMILES string of the molecule is FC(F)(F)c1cccc(N2CCN(c3ncc(Cl)cn3)CC2)c1. The molecule has 122 valence electrons. The van der Waals surface area contributed by atoms with E-state index in [4.69, 9.17) is 11.6 Å². The average molecular weight is 343 g/mol. The second-order valence-electron chi connectivity index (χ2n) is 5.22. The summed E-state index contributed by atoms with van der Waals surface area (Å²) in [5, 5.41) is 0.469. The normalized spacial score (nSPS) is 15.8. The van der Waals surface area contributed by atoms with Crippen LogP contribution in [0.5, 0.6) is 0 Å². The van der Waals surface area contributed by atoms with Crippen molar-refractivity contribution >= 4 is 23.2 Å². The Hall–Kier alpha value is -2.02. The summed E-state index contributed by atoms with van der Waals surface area (Å²) in [4.78, 5) is 12.2. The first-order valence-corrected chi connectivity index (χ1v) is 7.46. The van der Waals surface area contributed by atoms with Gasteiger partial charge < -0.3 is 9.80 Å². The van der Waals surface area contributed by atoms with Crippen molar-refractivity contribution in [2.75, 3.05) is 36.0 Å². The molecule has 2 aromatic rings. The van der Waals surface area contributed by atoms with Crippen LogP contribution in [0.1, 0.15) is 5.56 Å². The predicted octanol–water partition coefficient (Wildman–Crippen LogP) is 3.48. The Morgan fingerprint density at radius 3 is 2.17 bits per heavy atom. The summed E-state index contributed by atoms with van der Waals surface area (Å²) in [6.45, 7) is 2.48. The van der Waals surface area contributed by atoms with E-state index in [0.717, 1.165) is 6.07 Å². The van der Waals surface area contributed by atoms with Gasteiger partial charge in [-0.1, -0.05) is 17.7 Å². The summed E-state index contributed by atoms with van der Waals surface area (Å²) in [7, 11) is 0. The minimum Gasteiger partial charge on any atom is -0.368 e. The van der Waals surface area contributed by atoms with Crippen LogP contribution < -0.4 is 9.80 Å².